The van der Waals surface area contributed by atoms with Gasteiger partial charge in [-0.25, -0.2) is 10.5 Å². The van der Waals surface area contributed by atoms with Gasteiger partial charge in [0, 0.05) is 16.3 Å². The first-order valence-corrected chi connectivity index (χ1v) is 11.4. The molecule has 0 spiro atoms. The normalized spacial score (nSPS) is 11.3. The van der Waals surface area contributed by atoms with E-state index < -0.39 is 5.91 Å². The van der Waals surface area contributed by atoms with Crippen molar-refractivity contribution in [3.05, 3.63) is 100 Å². The summed E-state index contributed by atoms with van der Waals surface area (Å²) in [6.45, 7) is 0.757. The number of rotatable bonds is 7. The number of hydroxylamine groups is 1. The van der Waals surface area contributed by atoms with Gasteiger partial charge in [-0.2, -0.15) is 0 Å². The lowest BCUT2D eigenvalue weighted by Gasteiger charge is -2.10. The lowest BCUT2D eigenvalue weighted by atomic mass is 10.1. The van der Waals surface area contributed by atoms with E-state index in [0.717, 1.165) is 44.1 Å². The van der Waals surface area contributed by atoms with Crippen molar-refractivity contribution < 1.29 is 10.0 Å². The van der Waals surface area contributed by atoms with Gasteiger partial charge in [0.2, 0.25) is 0 Å². The molecule has 0 saturated carbocycles. The lowest BCUT2D eigenvalue weighted by molar-refractivity contribution is -0.124. The molecule has 0 fully saturated rings. The summed E-state index contributed by atoms with van der Waals surface area (Å²) >= 11 is 5.20. The molecule has 1 heterocycles. The molecule has 0 bridgehead atoms. The zero-order valence-electron chi connectivity index (χ0n) is 16.5. The van der Waals surface area contributed by atoms with Gasteiger partial charge in [0.1, 0.15) is 0 Å². The fourth-order valence-corrected chi connectivity index (χ4v) is 4.40. The SMILES string of the molecule is O=C(/C=C/c1ccc(CSc2nc3ccccc3n2Cc2ccc(Br)cc2)cc1)NO. The van der Waals surface area contributed by atoms with E-state index in [1.165, 1.54) is 11.6 Å². The average Bonchev–Trinajstić information content (AvgIpc) is 3.15. The Morgan fingerprint density at radius 1 is 1.03 bits per heavy atom. The molecule has 3 aromatic carbocycles. The van der Waals surface area contributed by atoms with Crippen molar-refractivity contribution in [3.63, 3.8) is 0 Å². The highest BCUT2D eigenvalue weighted by Crippen LogP contribution is 2.28. The molecule has 1 amide bonds. The van der Waals surface area contributed by atoms with E-state index in [-0.39, 0.29) is 0 Å². The lowest BCUT2D eigenvalue weighted by Crippen LogP contribution is -2.14. The summed E-state index contributed by atoms with van der Waals surface area (Å²) in [5.74, 6) is 0.231. The van der Waals surface area contributed by atoms with Crippen LogP contribution in [0, 0.1) is 0 Å². The van der Waals surface area contributed by atoms with Crippen molar-refractivity contribution in [1.82, 2.24) is 15.0 Å². The Balaban J connectivity index is 1.52. The van der Waals surface area contributed by atoms with E-state index in [2.05, 4.69) is 50.8 Å². The van der Waals surface area contributed by atoms with Crippen LogP contribution >= 0.6 is 27.7 Å². The second-order valence-electron chi connectivity index (χ2n) is 6.94. The first kappa shape index (κ1) is 21.4. The number of hydrogen-bond acceptors (Lipinski definition) is 4. The number of carbonyl (C=O) groups excluding carboxylic acids is 1. The van der Waals surface area contributed by atoms with Crippen molar-refractivity contribution in [2.45, 2.75) is 17.5 Å². The molecule has 0 atom stereocenters. The summed E-state index contributed by atoms with van der Waals surface area (Å²) in [5, 5.41) is 9.53. The van der Waals surface area contributed by atoms with E-state index in [9.17, 15) is 4.79 Å². The molecule has 0 aliphatic heterocycles. The zero-order valence-corrected chi connectivity index (χ0v) is 18.9. The highest BCUT2D eigenvalue weighted by atomic mass is 79.9. The summed E-state index contributed by atoms with van der Waals surface area (Å²) in [6.07, 6.45) is 2.94. The van der Waals surface area contributed by atoms with Gasteiger partial charge < -0.3 is 4.57 Å². The molecule has 7 heteroatoms. The second kappa shape index (κ2) is 9.96. The minimum Gasteiger partial charge on any atom is -0.314 e. The van der Waals surface area contributed by atoms with Crippen molar-refractivity contribution in [2.24, 2.45) is 0 Å². The molecule has 156 valence electrons. The number of fused-ring (bicyclic) bond motifs is 1. The summed E-state index contributed by atoms with van der Waals surface area (Å²) in [4.78, 5) is 16.0. The van der Waals surface area contributed by atoms with Gasteiger partial charge in [-0.3, -0.25) is 10.0 Å². The molecule has 0 aliphatic rings. The van der Waals surface area contributed by atoms with Crippen LogP contribution in [0.15, 0.2) is 88.5 Å². The van der Waals surface area contributed by atoms with E-state index >= 15 is 0 Å². The fourth-order valence-electron chi connectivity index (χ4n) is 3.17. The van der Waals surface area contributed by atoms with E-state index in [1.54, 1.807) is 23.3 Å². The summed E-state index contributed by atoms with van der Waals surface area (Å²) < 4.78 is 3.32. The number of halogens is 1. The third kappa shape index (κ3) is 5.44. The first-order chi connectivity index (χ1) is 15.1. The minimum atomic E-state index is -0.552. The maximum atomic E-state index is 11.1. The van der Waals surface area contributed by atoms with Crippen LogP contribution in [0.4, 0.5) is 0 Å². The Kier molecular flexibility index (Phi) is 6.86. The number of nitrogens with one attached hydrogen (secondary N) is 1. The highest BCUT2D eigenvalue weighted by molar-refractivity contribution is 9.10. The Morgan fingerprint density at radius 3 is 2.48 bits per heavy atom. The van der Waals surface area contributed by atoms with E-state index in [1.807, 2.05) is 42.5 Å². The van der Waals surface area contributed by atoms with Crippen molar-refractivity contribution in [2.75, 3.05) is 0 Å². The second-order valence-corrected chi connectivity index (χ2v) is 8.79. The van der Waals surface area contributed by atoms with Crippen LogP contribution in [0.2, 0.25) is 0 Å². The molecule has 5 nitrogen and oxygen atoms in total. The topological polar surface area (TPSA) is 67.2 Å². The summed E-state index contributed by atoms with van der Waals surface area (Å²) in [5.41, 5.74) is 6.96. The quantitative estimate of drug-likeness (QED) is 0.151. The standard InChI is InChI=1S/C24H20BrN3O2S/c25-20-12-9-18(10-13-20)15-28-22-4-2-1-3-21(22)26-24(28)31-16-19-7-5-17(6-8-19)11-14-23(29)27-30/h1-14,30H,15-16H2,(H,27,29)/b14-11+. The number of amides is 1. The zero-order chi connectivity index (χ0) is 21.6. The van der Waals surface area contributed by atoms with Crippen molar-refractivity contribution in [3.8, 4) is 0 Å². The largest absolute Gasteiger partial charge is 0.314 e. The molecule has 4 aromatic rings. The third-order valence-corrected chi connectivity index (χ3v) is 6.33. The summed E-state index contributed by atoms with van der Waals surface area (Å²) in [6, 6.07) is 24.5. The Morgan fingerprint density at radius 2 is 1.74 bits per heavy atom. The van der Waals surface area contributed by atoms with Gasteiger partial charge in [-0.15, -0.1) is 0 Å². The van der Waals surface area contributed by atoms with Crippen molar-refractivity contribution in [1.29, 1.82) is 0 Å². The number of benzene rings is 3. The number of carbonyl (C=O) groups is 1. The molecule has 31 heavy (non-hydrogen) atoms. The van der Waals surface area contributed by atoms with Crippen LogP contribution in [0.5, 0.6) is 0 Å². The first-order valence-electron chi connectivity index (χ1n) is 9.66. The maximum Gasteiger partial charge on any atom is 0.267 e. The van der Waals surface area contributed by atoms with Crippen LogP contribution in [0.1, 0.15) is 16.7 Å². The van der Waals surface area contributed by atoms with Crippen LogP contribution in [0.3, 0.4) is 0 Å². The highest BCUT2D eigenvalue weighted by Gasteiger charge is 2.12. The molecule has 0 saturated heterocycles. The summed E-state index contributed by atoms with van der Waals surface area (Å²) in [7, 11) is 0. The molecule has 0 unspecified atom stereocenters. The molecule has 0 radical (unpaired) electrons. The van der Waals surface area contributed by atoms with Gasteiger partial charge in [-0.1, -0.05) is 76.2 Å². The number of nitrogens with zero attached hydrogens (tertiary/aromatic N) is 2. The smallest absolute Gasteiger partial charge is 0.267 e. The minimum absolute atomic E-state index is 0.552. The average molecular weight is 494 g/mol. The number of aromatic nitrogens is 2. The monoisotopic (exact) mass is 493 g/mol. The molecule has 4 rings (SSSR count). The van der Waals surface area contributed by atoms with Gasteiger partial charge >= 0.3 is 0 Å². The van der Waals surface area contributed by atoms with Crippen LogP contribution in [-0.2, 0) is 17.1 Å². The number of thioether (sulfide) groups is 1. The van der Waals surface area contributed by atoms with Gasteiger partial charge in [-0.05, 0) is 47.0 Å². The molecule has 1 aromatic heterocycles. The maximum absolute atomic E-state index is 11.1. The molecule has 2 N–H and O–H groups in total. The van der Waals surface area contributed by atoms with Gasteiger partial charge in [0.15, 0.2) is 5.16 Å². The third-order valence-electron chi connectivity index (χ3n) is 4.76. The van der Waals surface area contributed by atoms with Crippen molar-refractivity contribution >= 4 is 50.7 Å². The predicted molar refractivity (Wildman–Crippen MR) is 128 cm³/mol. The van der Waals surface area contributed by atoms with Gasteiger partial charge in [0.25, 0.3) is 5.91 Å². The number of hydrogen-bond donors (Lipinski definition) is 2. The molecular formula is C24H20BrN3O2S. The molecule has 0 aliphatic carbocycles. The Bertz CT molecular complexity index is 1220. The van der Waals surface area contributed by atoms with Crippen LogP contribution in [0.25, 0.3) is 17.1 Å². The van der Waals surface area contributed by atoms with Crippen LogP contribution < -0.4 is 5.48 Å². The number of para-hydroxylation sites is 2. The molecular weight excluding hydrogens is 474 g/mol. The fraction of sp³-hybridized carbons (Fsp3) is 0.0833. The van der Waals surface area contributed by atoms with E-state index in [4.69, 9.17) is 10.2 Å². The Labute approximate surface area is 192 Å². The van der Waals surface area contributed by atoms with Gasteiger partial charge in [0.05, 0.1) is 17.6 Å². The number of imidazole rings is 1. The van der Waals surface area contributed by atoms with E-state index in [0.29, 0.717) is 0 Å². The predicted octanol–water partition coefficient (Wildman–Crippen LogP) is 5.66. The van der Waals surface area contributed by atoms with Crippen LogP contribution in [-0.4, -0.2) is 20.7 Å². The Hall–Kier alpha value is -2.87.